The molecule has 3 unspecified atom stereocenters. The van der Waals surface area contributed by atoms with Crippen molar-refractivity contribution >= 4 is 29.6 Å². The zero-order valence-corrected chi connectivity index (χ0v) is 18.1. The fourth-order valence-electron chi connectivity index (χ4n) is 2.67. The largest absolute Gasteiger partial charge is 0.480 e. The molecule has 0 aliphatic heterocycles. The monoisotopic (exact) mass is 429 g/mol. The molecule has 30 heavy (non-hydrogen) atoms. The van der Waals surface area contributed by atoms with Crippen molar-refractivity contribution in [1.29, 1.82) is 0 Å². The van der Waals surface area contributed by atoms with Gasteiger partial charge in [-0.15, -0.1) is 0 Å². The second-order valence-electron chi connectivity index (χ2n) is 8.10. The number of aliphatic carboxylic acids is 1. The molecule has 0 fully saturated rings. The standard InChI is InChI=1S/C19H35N5O6/c1-10(2)7-13(18(29)22-9-16(26)27)24-19(30)14(8-11(3)4)23-17(28)12(20)5-6-15(21)25/h10-14H,5-9,20H2,1-4H3,(H2,21,25)(H,22,29)(H,23,28)(H,24,30)(H,26,27). The highest BCUT2D eigenvalue weighted by Crippen LogP contribution is 2.09. The van der Waals surface area contributed by atoms with Crippen molar-refractivity contribution in [3.8, 4) is 0 Å². The Morgan fingerprint density at radius 1 is 0.833 bits per heavy atom. The van der Waals surface area contributed by atoms with Gasteiger partial charge in [0, 0.05) is 6.42 Å². The number of primary amides is 1. The minimum Gasteiger partial charge on any atom is -0.480 e. The molecule has 0 saturated carbocycles. The predicted octanol–water partition coefficient (Wildman–Crippen LogP) is -1.16. The molecule has 0 heterocycles. The van der Waals surface area contributed by atoms with E-state index in [1.54, 1.807) is 0 Å². The number of carboxylic acids is 1. The predicted molar refractivity (Wildman–Crippen MR) is 110 cm³/mol. The number of amides is 4. The van der Waals surface area contributed by atoms with Gasteiger partial charge in [-0.25, -0.2) is 0 Å². The molecule has 11 nitrogen and oxygen atoms in total. The van der Waals surface area contributed by atoms with Crippen molar-refractivity contribution in [2.45, 2.75) is 71.5 Å². The Bertz CT molecular complexity index is 623. The Labute approximate surface area is 176 Å². The van der Waals surface area contributed by atoms with Crippen LogP contribution in [0.2, 0.25) is 0 Å². The van der Waals surface area contributed by atoms with Crippen LogP contribution in [0.5, 0.6) is 0 Å². The lowest BCUT2D eigenvalue weighted by Gasteiger charge is -2.25. The molecule has 0 aromatic carbocycles. The minimum atomic E-state index is -1.20. The Hall–Kier alpha value is -2.69. The van der Waals surface area contributed by atoms with Crippen molar-refractivity contribution in [2.24, 2.45) is 23.3 Å². The molecule has 0 spiro atoms. The molecule has 0 aromatic heterocycles. The van der Waals surface area contributed by atoms with Crippen LogP contribution in [0.25, 0.3) is 0 Å². The van der Waals surface area contributed by atoms with Gasteiger partial charge in [0.2, 0.25) is 23.6 Å². The van der Waals surface area contributed by atoms with E-state index in [1.165, 1.54) is 0 Å². The van der Waals surface area contributed by atoms with Gasteiger partial charge in [-0.05, 0) is 31.1 Å². The summed E-state index contributed by atoms with van der Waals surface area (Å²) in [5.41, 5.74) is 10.8. The van der Waals surface area contributed by atoms with E-state index in [0.29, 0.717) is 6.42 Å². The van der Waals surface area contributed by atoms with Crippen molar-refractivity contribution < 1.29 is 29.1 Å². The van der Waals surface area contributed by atoms with E-state index in [-0.39, 0.29) is 31.1 Å². The van der Waals surface area contributed by atoms with E-state index < -0.39 is 54.3 Å². The quantitative estimate of drug-likeness (QED) is 0.200. The first-order valence-electron chi connectivity index (χ1n) is 9.97. The van der Waals surface area contributed by atoms with Gasteiger partial charge in [-0.2, -0.15) is 0 Å². The molecule has 0 aromatic rings. The first-order chi connectivity index (χ1) is 13.8. The molecular weight excluding hydrogens is 394 g/mol. The van der Waals surface area contributed by atoms with Crippen LogP contribution in [0.3, 0.4) is 0 Å². The summed E-state index contributed by atoms with van der Waals surface area (Å²) in [7, 11) is 0. The van der Waals surface area contributed by atoms with Crippen molar-refractivity contribution in [3.05, 3.63) is 0 Å². The second-order valence-corrected chi connectivity index (χ2v) is 8.10. The summed E-state index contributed by atoms with van der Waals surface area (Å²) in [5.74, 6) is -3.49. The fraction of sp³-hybridized carbons (Fsp3) is 0.737. The van der Waals surface area contributed by atoms with Gasteiger partial charge >= 0.3 is 5.97 Å². The summed E-state index contributed by atoms with van der Waals surface area (Å²) >= 11 is 0. The SMILES string of the molecule is CC(C)CC(NC(=O)C(N)CCC(N)=O)C(=O)NC(CC(C)C)C(=O)NCC(=O)O. The number of carbonyl (C=O) groups excluding carboxylic acids is 4. The average molecular weight is 430 g/mol. The van der Waals surface area contributed by atoms with Gasteiger partial charge < -0.3 is 32.5 Å². The van der Waals surface area contributed by atoms with Gasteiger partial charge in [0.1, 0.15) is 18.6 Å². The van der Waals surface area contributed by atoms with Crippen LogP contribution in [-0.2, 0) is 24.0 Å². The third kappa shape index (κ3) is 12.0. The molecular formula is C19H35N5O6. The lowest BCUT2D eigenvalue weighted by molar-refractivity contribution is -0.138. The van der Waals surface area contributed by atoms with Gasteiger partial charge in [0.15, 0.2) is 0 Å². The van der Waals surface area contributed by atoms with Crippen molar-refractivity contribution in [3.63, 3.8) is 0 Å². The van der Waals surface area contributed by atoms with E-state index in [2.05, 4.69) is 16.0 Å². The molecule has 0 rings (SSSR count). The first-order valence-corrected chi connectivity index (χ1v) is 9.97. The van der Waals surface area contributed by atoms with Gasteiger partial charge in [-0.3, -0.25) is 24.0 Å². The smallest absolute Gasteiger partial charge is 0.322 e. The topological polar surface area (TPSA) is 194 Å². The first kappa shape index (κ1) is 27.3. The number of carboxylic acid groups (broad SMARTS) is 1. The lowest BCUT2D eigenvalue weighted by Crippen LogP contribution is -2.56. The van der Waals surface area contributed by atoms with Crippen LogP contribution in [0, 0.1) is 11.8 Å². The van der Waals surface area contributed by atoms with E-state index in [9.17, 15) is 24.0 Å². The highest BCUT2D eigenvalue weighted by molar-refractivity contribution is 5.93. The third-order valence-electron chi connectivity index (χ3n) is 4.13. The molecule has 11 heteroatoms. The maximum absolute atomic E-state index is 12.8. The van der Waals surface area contributed by atoms with Gasteiger partial charge in [-0.1, -0.05) is 27.7 Å². The van der Waals surface area contributed by atoms with Crippen molar-refractivity contribution in [2.75, 3.05) is 6.54 Å². The molecule has 4 amide bonds. The minimum absolute atomic E-state index is 0.0464. The maximum atomic E-state index is 12.8. The van der Waals surface area contributed by atoms with Crippen LogP contribution < -0.4 is 27.4 Å². The summed E-state index contributed by atoms with van der Waals surface area (Å²) in [6, 6.07) is -2.91. The van der Waals surface area contributed by atoms with E-state index in [4.69, 9.17) is 16.6 Å². The summed E-state index contributed by atoms with van der Waals surface area (Å²) < 4.78 is 0. The summed E-state index contributed by atoms with van der Waals surface area (Å²) in [6.07, 6.45) is 0.573. The zero-order valence-electron chi connectivity index (χ0n) is 18.1. The molecule has 172 valence electrons. The van der Waals surface area contributed by atoms with E-state index in [0.717, 1.165) is 0 Å². The zero-order chi connectivity index (χ0) is 23.4. The molecule has 0 aliphatic carbocycles. The number of nitrogens with two attached hydrogens (primary N) is 2. The Balaban J connectivity index is 5.22. The van der Waals surface area contributed by atoms with Crippen LogP contribution in [0.15, 0.2) is 0 Å². The van der Waals surface area contributed by atoms with Crippen LogP contribution in [0.4, 0.5) is 0 Å². The summed E-state index contributed by atoms with van der Waals surface area (Å²) in [5, 5.41) is 16.2. The fourth-order valence-corrected chi connectivity index (χ4v) is 2.67. The number of hydrogen-bond donors (Lipinski definition) is 6. The number of rotatable bonds is 14. The Morgan fingerprint density at radius 2 is 1.30 bits per heavy atom. The number of nitrogens with one attached hydrogen (secondary N) is 3. The van der Waals surface area contributed by atoms with Crippen LogP contribution >= 0.6 is 0 Å². The second kappa shape index (κ2) is 13.5. The van der Waals surface area contributed by atoms with E-state index in [1.807, 2.05) is 27.7 Å². The molecule has 8 N–H and O–H groups in total. The lowest BCUT2D eigenvalue weighted by atomic mass is 9.99. The van der Waals surface area contributed by atoms with Crippen LogP contribution in [-0.4, -0.2) is 59.4 Å². The van der Waals surface area contributed by atoms with E-state index >= 15 is 0 Å². The normalized spacial score (nSPS) is 14.0. The summed E-state index contributed by atoms with van der Waals surface area (Å²) in [6.45, 7) is 6.88. The molecule has 0 saturated heterocycles. The Kier molecular flexibility index (Phi) is 12.3. The maximum Gasteiger partial charge on any atom is 0.322 e. The van der Waals surface area contributed by atoms with Gasteiger partial charge in [0.05, 0.1) is 6.04 Å². The third-order valence-corrected chi connectivity index (χ3v) is 4.13. The Morgan fingerprint density at radius 3 is 1.73 bits per heavy atom. The molecule has 3 atom stereocenters. The number of carbonyl (C=O) groups is 5. The molecule has 0 radical (unpaired) electrons. The summed E-state index contributed by atoms with van der Waals surface area (Å²) in [4.78, 5) is 59.0. The molecule has 0 bridgehead atoms. The average Bonchev–Trinajstić information content (AvgIpc) is 2.61. The molecule has 0 aliphatic rings. The highest BCUT2D eigenvalue weighted by atomic mass is 16.4. The highest BCUT2D eigenvalue weighted by Gasteiger charge is 2.29. The number of hydrogen-bond acceptors (Lipinski definition) is 6. The van der Waals surface area contributed by atoms with Gasteiger partial charge in [0.25, 0.3) is 0 Å². The van der Waals surface area contributed by atoms with Crippen molar-refractivity contribution in [1.82, 2.24) is 16.0 Å². The van der Waals surface area contributed by atoms with Crippen LogP contribution in [0.1, 0.15) is 53.4 Å².